The molecule has 5 nitrogen and oxygen atoms in total. The number of nitrogens with one attached hydrogen (secondary N) is 1. The fourth-order valence-corrected chi connectivity index (χ4v) is 2.53. The Morgan fingerprint density at radius 1 is 1.48 bits per heavy atom. The molecule has 1 atom stereocenters. The van der Waals surface area contributed by atoms with Crippen molar-refractivity contribution in [2.24, 2.45) is 5.84 Å². The third kappa shape index (κ3) is 3.59. The van der Waals surface area contributed by atoms with Crippen molar-refractivity contribution < 1.29 is 9.13 Å². The summed E-state index contributed by atoms with van der Waals surface area (Å²) in [5, 5.41) is 4.68. The number of aryl methyl sites for hydroxylation is 1. The van der Waals surface area contributed by atoms with Gasteiger partial charge in [0.25, 0.3) is 0 Å². The van der Waals surface area contributed by atoms with Gasteiger partial charge >= 0.3 is 0 Å². The lowest BCUT2D eigenvalue weighted by Gasteiger charge is -2.19. The van der Waals surface area contributed by atoms with Crippen molar-refractivity contribution in [3.05, 3.63) is 52.1 Å². The standard InChI is InChI=1S/C14H18ClFN4O/c1-9-5-10(7-11(16)6-9)13(19-17)14-12(15)8-18-20(14)3-4-21-2/h5-8,13,19H,3-4,17H2,1-2H3. The maximum Gasteiger partial charge on any atom is 0.123 e. The third-order valence-electron chi connectivity index (χ3n) is 3.18. The molecule has 1 heterocycles. The monoisotopic (exact) mass is 312 g/mol. The number of halogens is 2. The molecule has 0 spiro atoms. The molecule has 0 bridgehead atoms. The van der Waals surface area contributed by atoms with E-state index in [0.29, 0.717) is 29.4 Å². The minimum absolute atomic E-state index is 0.315. The van der Waals surface area contributed by atoms with Crippen LogP contribution in [0.4, 0.5) is 4.39 Å². The van der Waals surface area contributed by atoms with E-state index in [4.69, 9.17) is 22.2 Å². The molecular formula is C14H18ClFN4O. The summed E-state index contributed by atoms with van der Waals surface area (Å²) >= 11 is 6.21. The van der Waals surface area contributed by atoms with E-state index < -0.39 is 6.04 Å². The van der Waals surface area contributed by atoms with Crippen LogP contribution in [0.25, 0.3) is 0 Å². The SMILES string of the molecule is COCCn1ncc(Cl)c1C(NN)c1cc(C)cc(F)c1. The zero-order chi connectivity index (χ0) is 15.4. The molecule has 1 unspecified atom stereocenters. The van der Waals surface area contributed by atoms with Crippen molar-refractivity contribution in [1.82, 2.24) is 15.2 Å². The van der Waals surface area contributed by atoms with Gasteiger partial charge in [0, 0.05) is 7.11 Å². The molecule has 1 aromatic carbocycles. The summed E-state index contributed by atoms with van der Waals surface area (Å²) < 4.78 is 20.4. The van der Waals surface area contributed by atoms with E-state index in [2.05, 4.69) is 10.5 Å². The summed E-state index contributed by atoms with van der Waals surface area (Å²) in [5.74, 6) is 5.34. The van der Waals surface area contributed by atoms with E-state index in [0.717, 1.165) is 5.56 Å². The second-order valence-electron chi connectivity index (χ2n) is 4.76. The molecule has 7 heteroatoms. The largest absolute Gasteiger partial charge is 0.383 e. The Hall–Kier alpha value is -1.47. The van der Waals surface area contributed by atoms with Crippen molar-refractivity contribution in [2.75, 3.05) is 13.7 Å². The highest BCUT2D eigenvalue weighted by Gasteiger charge is 2.22. The Morgan fingerprint density at radius 2 is 2.24 bits per heavy atom. The Bertz CT molecular complexity index is 597. The molecular weight excluding hydrogens is 295 g/mol. The number of rotatable bonds is 6. The first-order valence-corrected chi connectivity index (χ1v) is 6.88. The van der Waals surface area contributed by atoms with E-state index in [1.165, 1.54) is 12.1 Å². The molecule has 21 heavy (non-hydrogen) atoms. The van der Waals surface area contributed by atoms with E-state index in [-0.39, 0.29) is 5.82 Å². The van der Waals surface area contributed by atoms with Gasteiger partial charge in [0.2, 0.25) is 0 Å². The zero-order valence-electron chi connectivity index (χ0n) is 11.9. The minimum atomic E-state index is -0.453. The number of hydrazine groups is 1. The van der Waals surface area contributed by atoms with Gasteiger partial charge in [-0.15, -0.1) is 0 Å². The minimum Gasteiger partial charge on any atom is -0.383 e. The molecule has 0 aliphatic rings. The smallest absolute Gasteiger partial charge is 0.123 e. The molecule has 0 saturated heterocycles. The highest BCUT2D eigenvalue weighted by Crippen LogP contribution is 2.28. The summed E-state index contributed by atoms with van der Waals surface area (Å²) in [6, 6.07) is 4.30. The number of methoxy groups -OCH3 is 1. The van der Waals surface area contributed by atoms with Crippen molar-refractivity contribution in [2.45, 2.75) is 19.5 Å². The van der Waals surface area contributed by atoms with Gasteiger partial charge in [0.1, 0.15) is 5.82 Å². The van der Waals surface area contributed by atoms with Crippen LogP contribution in [-0.2, 0) is 11.3 Å². The summed E-state index contributed by atoms with van der Waals surface area (Å²) in [4.78, 5) is 0. The van der Waals surface area contributed by atoms with Crippen LogP contribution in [0, 0.1) is 12.7 Å². The Kier molecular flexibility index (Phi) is 5.30. The fraction of sp³-hybridized carbons (Fsp3) is 0.357. The lowest BCUT2D eigenvalue weighted by Crippen LogP contribution is -2.31. The molecule has 0 fully saturated rings. The maximum absolute atomic E-state index is 13.6. The number of aromatic nitrogens is 2. The van der Waals surface area contributed by atoms with Crippen LogP contribution in [0.2, 0.25) is 5.02 Å². The maximum atomic E-state index is 13.6. The van der Waals surface area contributed by atoms with Gasteiger partial charge in [0.05, 0.1) is 36.1 Å². The number of nitrogens with two attached hydrogens (primary N) is 1. The highest BCUT2D eigenvalue weighted by molar-refractivity contribution is 6.31. The van der Waals surface area contributed by atoms with Crippen LogP contribution in [0.5, 0.6) is 0 Å². The molecule has 0 aliphatic heterocycles. The average molecular weight is 313 g/mol. The normalized spacial score (nSPS) is 12.6. The molecule has 2 aromatic rings. The predicted octanol–water partition coefficient (Wildman–Crippen LogP) is 2.18. The van der Waals surface area contributed by atoms with Crippen LogP contribution < -0.4 is 11.3 Å². The van der Waals surface area contributed by atoms with E-state index in [9.17, 15) is 4.39 Å². The molecule has 0 aliphatic carbocycles. The average Bonchev–Trinajstić information content (AvgIpc) is 2.78. The van der Waals surface area contributed by atoms with Crippen LogP contribution in [0.15, 0.2) is 24.4 Å². The molecule has 0 radical (unpaired) electrons. The lowest BCUT2D eigenvalue weighted by atomic mass is 10.0. The molecule has 0 amide bonds. The Balaban J connectivity index is 2.43. The fourth-order valence-electron chi connectivity index (χ4n) is 2.28. The van der Waals surface area contributed by atoms with E-state index >= 15 is 0 Å². The number of ether oxygens (including phenoxy) is 1. The van der Waals surface area contributed by atoms with Gasteiger partial charge in [0.15, 0.2) is 0 Å². The van der Waals surface area contributed by atoms with Crippen LogP contribution in [0.3, 0.4) is 0 Å². The first kappa shape index (κ1) is 15.9. The van der Waals surface area contributed by atoms with Gasteiger partial charge in [-0.2, -0.15) is 5.10 Å². The third-order valence-corrected chi connectivity index (χ3v) is 3.47. The van der Waals surface area contributed by atoms with Crippen LogP contribution in [0.1, 0.15) is 22.9 Å². The predicted molar refractivity (Wildman–Crippen MR) is 79.4 cm³/mol. The number of benzene rings is 1. The molecule has 114 valence electrons. The van der Waals surface area contributed by atoms with Crippen molar-refractivity contribution in [1.29, 1.82) is 0 Å². The zero-order valence-corrected chi connectivity index (χ0v) is 12.7. The number of nitrogens with zero attached hydrogens (tertiary/aromatic N) is 2. The summed E-state index contributed by atoms with van der Waals surface area (Å²) in [5.41, 5.74) is 4.86. The van der Waals surface area contributed by atoms with Gasteiger partial charge in [-0.3, -0.25) is 10.5 Å². The van der Waals surface area contributed by atoms with Crippen molar-refractivity contribution >= 4 is 11.6 Å². The highest BCUT2D eigenvalue weighted by atomic mass is 35.5. The van der Waals surface area contributed by atoms with E-state index in [1.54, 1.807) is 18.0 Å². The topological polar surface area (TPSA) is 65.1 Å². The van der Waals surface area contributed by atoms with Gasteiger partial charge < -0.3 is 4.74 Å². The summed E-state index contributed by atoms with van der Waals surface area (Å²) in [6.45, 7) is 2.85. The van der Waals surface area contributed by atoms with E-state index in [1.807, 2.05) is 13.0 Å². The summed E-state index contributed by atoms with van der Waals surface area (Å²) in [6.07, 6.45) is 1.54. The quantitative estimate of drug-likeness (QED) is 0.634. The number of hydrogen-bond donors (Lipinski definition) is 2. The van der Waals surface area contributed by atoms with Crippen molar-refractivity contribution in [3.8, 4) is 0 Å². The molecule has 3 N–H and O–H groups in total. The molecule has 1 aromatic heterocycles. The van der Waals surface area contributed by atoms with Gasteiger partial charge in [-0.1, -0.05) is 17.7 Å². The molecule has 0 saturated carbocycles. The first-order chi connectivity index (χ1) is 10.1. The second-order valence-corrected chi connectivity index (χ2v) is 5.16. The van der Waals surface area contributed by atoms with Crippen LogP contribution >= 0.6 is 11.6 Å². The van der Waals surface area contributed by atoms with Crippen molar-refractivity contribution in [3.63, 3.8) is 0 Å². The Morgan fingerprint density at radius 3 is 2.86 bits per heavy atom. The van der Waals surface area contributed by atoms with Crippen LogP contribution in [-0.4, -0.2) is 23.5 Å². The molecule has 2 rings (SSSR count). The Labute approximate surface area is 127 Å². The lowest BCUT2D eigenvalue weighted by molar-refractivity contribution is 0.182. The number of hydrogen-bond acceptors (Lipinski definition) is 4. The van der Waals surface area contributed by atoms with Gasteiger partial charge in [-0.25, -0.2) is 9.82 Å². The second kappa shape index (κ2) is 7.00. The summed E-state index contributed by atoms with van der Waals surface area (Å²) in [7, 11) is 1.61. The first-order valence-electron chi connectivity index (χ1n) is 6.50. The van der Waals surface area contributed by atoms with Gasteiger partial charge in [-0.05, 0) is 30.2 Å².